The Morgan fingerprint density at radius 3 is 2.75 bits per heavy atom. The molecule has 1 fully saturated rings. The minimum absolute atomic E-state index is 0.486. The Hall–Kier alpha value is 0.140. The summed E-state index contributed by atoms with van der Waals surface area (Å²) in [6.07, 6.45) is 5.52. The van der Waals surface area contributed by atoms with E-state index < -0.39 is 0 Å². The summed E-state index contributed by atoms with van der Waals surface area (Å²) in [7, 11) is 0. The highest BCUT2D eigenvalue weighted by molar-refractivity contribution is 9.11. The number of halogens is 1. The highest BCUT2D eigenvalue weighted by Gasteiger charge is 2.25. The third-order valence-electron chi connectivity index (χ3n) is 3.31. The van der Waals surface area contributed by atoms with Crippen molar-refractivity contribution in [3.05, 3.63) is 20.8 Å². The molecule has 0 saturated heterocycles. The molecule has 0 spiro atoms. The number of rotatable bonds is 6. The maximum absolute atomic E-state index is 3.76. The van der Waals surface area contributed by atoms with Gasteiger partial charge in [0.15, 0.2) is 0 Å². The van der Waals surface area contributed by atoms with Gasteiger partial charge < -0.3 is 5.32 Å². The van der Waals surface area contributed by atoms with Crippen LogP contribution in [-0.4, -0.2) is 6.04 Å². The van der Waals surface area contributed by atoms with Crippen molar-refractivity contribution in [1.29, 1.82) is 0 Å². The van der Waals surface area contributed by atoms with E-state index in [1.54, 1.807) is 0 Å². The van der Waals surface area contributed by atoms with E-state index in [1.807, 2.05) is 11.3 Å². The Kier molecular flexibility index (Phi) is 4.45. The fourth-order valence-corrected chi connectivity index (χ4v) is 3.54. The van der Waals surface area contributed by atoms with Crippen LogP contribution in [0.5, 0.6) is 0 Å². The van der Waals surface area contributed by atoms with E-state index in [2.05, 4.69) is 47.2 Å². The molecule has 1 aliphatic rings. The molecule has 3 heteroatoms. The van der Waals surface area contributed by atoms with E-state index in [-0.39, 0.29) is 0 Å². The van der Waals surface area contributed by atoms with E-state index in [1.165, 1.54) is 34.3 Å². The van der Waals surface area contributed by atoms with Gasteiger partial charge in [0.1, 0.15) is 0 Å². The normalized spacial score (nSPS) is 19.7. The molecule has 0 aliphatic heterocycles. The maximum Gasteiger partial charge on any atom is 0.0701 e. The topological polar surface area (TPSA) is 12.0 Å². The standard InChI is InChI=1S/C13H20BrNS/c1-3-11(8-10-4-5-10)15-9(2)12-6-7-13(14)16-12/h6-7,9-11,15H,3-5,8H2,1-2H3. The van der Waals surface area contributed by atoms with E-state index in [0.29, 0.717) is 12.1 Å². The smallest absolute Gasteiger partial charge is 0.0701 e. The second-order valence-corrected chi connectivity index (χ2v) is 7.31. The molecule has 1 heterocycles. The molecule has 1 nitrogen and oxygen atoms in total. The Morgan fingerprint density at radius 2 is 2.25 bits per heavy atom. The zero-order valence-electron chi connectivity index (χ0n) is 10.0. The van der Waals surface area contributed by atoms with Gasteiger partial charge >= 0.3 is 0 Å². The monoisotopic (exact) mass is 301 g/mol. The summed E-state index contributed by atoms with van der Waals surface area (Å²) in [5.74, 6) is 1.01. The summed E-state index contributed by atoms with van der Waals surface area (Å²) in [6, 6.07) is 5.54. The molecule has 1 aromatic heterocycles. The van der Waals surface area contributed by atoms with Gasteiger partial charge in [-0.3, -0.25) is 0 Å². The Bertz CT molecular complexity index is 332. The Balaban J connectivity index is 1.86. The van der Waals surface area contributed by atoms with Crippen molar-refractivity contribution in [2.24, 2.45) is 5.92 Å². The van der Waals surface area contributed by atoms with E-state index in [0.717, 1.165) is 5.92 Å². The van der Waals surface area contributed by atoms with E-state index in [4.69, 9.17) is 0 Å². The number of hydrogen-bond donors (Lipinski definition) is 1. The highest BCUT2D eigenvalue weighted by atomic mass is 79.9. The van der Waals surface area contributed by atoms with Crippen LogP contribution < -0.4 is 5.32 Å². The first-order valence-corrected chi connectivity index (χ1v) is 7.81. The lowest BCUT2D eigenvalue weighted by atomic mass is 10.1. The van der Waals surface area contributed by atoms with Crippen molar-refractivity contribution in [2.45, 2.75) is 51.6 Å². The summed E-state index contributed by atoms with van der Waals surface area (Å²) in [5, 5.41) is 3.76. The number of nitrogens with one attached hydrogen (secondary N) is 1. The van der Waals surface area contributed by atoms with E-state index >= 15 is 0 Å². The molecular formula is C13H20BrNS. The average molecular weight is 302 g/mol. The van der Waals surface area contributed by atoms with Gasteiger partial charge in [-0.2, -0.15) is 0 Å². The fraction of sp³-hybridized carbons (Fsp3) is 0.692. The van der Waals surface area contributed by atoms with Crippen LogP contribution in [0, 0.1) is 5.92 Å². The molecule has 1 N–H and O–H groups in total. The van der Waals surface area contributed by atoms with Gasteiger partial charge in [0.2, 0.25) is 0 Å². The van der Waals surface area contributed by atoms with Crippen LogP contribution in [0.25, 0.3) is 0 Å². The SMILES string of the molecule is CCC(CC1CC1)NC(C)c1ccc(Br)s1. The van der Waals surface area contributed by atoms with E-state index in [9.17, 15) is 0 Å². The van der Waals surface area contributed by atoms with Gasteiger partial charge in [0.25, 0.3) is 0 Å². The maximum atomic E-state index is 3.76. The van der Waals surface area contributed by atoms with Crippen molar-refractivity contribution in [3.63, 3.8) is 0 Å². The quantitative estimate of drug-likeness (QED) is 0.800. The zero-order valence-corrected chi connectivity index (χ0v) is 12.4. The predicted molar refractivity (Wildman–Crippen MR) is 75.0 cm³/mol. The van der Waals surface area contributed by atoms with Crippen molar-refractivity contribution >= 4 is 27.3 Å². The first-order valence-electron chi connectivity index (χ1n) is 6.20. The fourth-order valence-electron chi connectivity index (χ4n) is 2.11. The summed E-state index contributed by atoms with van der Waals surface area (Å²) in [6.45, 7) is 4.56. The first kappa shape index (κ1) is 12.6. The molecule has 1 aromatic rings. The molecule has 0 amide bonds. The predicted octanol–water partition coefficient (Wildman–Crippen LogP) is 4.74. The van der Waals surface area contributed by atoms with Gasteiger partial charge in [-0.05, 0) is 53.7 Å². The summed E-state index contributed by atoms with van der Waals surface area (Å²) in [5.41, 5.74) is 0. The van der Waals surface area contributed by atoms with Crippen molar-refractivity contribution in [1.82, 2.24) is 5.32 Å². The van der Waals surface area contributed by atoms with Crippen molar-refractivity contribution in [2.75, 3.05) is 0 Å². The molecule has 0 aromatic carbocycles. The second-order valence-electron chi connectivity index (χ2n) is 4.81. The largest absolute Gasteiger partial charge is 0.307 e. The van der Waals surface area contributed by atoms with Crippen LogP contribution >= 0.6 is 27.3 Å². The lowest BCUT2D eigenvalue weighted by Crippen LogP contribution is -2.31. The third-order valence-corrected chi connectivity index (χ3v) is 5.12. The third kappa shape index (κ3) is 3.57. The molecule has 2 unspecified atom stereocenters. The number of hydrogen-bond acceptors (Lipinski definition) is 2. The van der Waals surface area contributed by atoms with Crippen molar-refractivity contribution < 1.29 is 0 Å². The molecule has 1 aliphatic carbocycles. The molecule has 0 radical (unpaired) electrons. The second kappa shape index (κ2) is 5.65. The average Bonchev–Trinajstić information content (AvgIpc) is 2.97. The van der Waals surface area contributed by atoms with Crippen LogP contribution in [0.3, 0.4) is 0 Å². The van der Waals surface area contributed by atoms with Gasteiger partial charge in [0.05, 0.1) is 3.79 Å². The molecular weight excluding hydrogens is 282 g/mol. The summed E-state index contributed by atoms with van der Waals surface area (Å²) >= 11 is 5.36. The molecule has 1 saturated carbocycles. The molecule has 16 heavy (non-hydrogen) atoms. The van der Waals surface area contributed by atoms with Crippen LogP contribution in [0.4, 0.5) is 0 Å². The Labute approximate surface area is 111 Å². The van der Waals surface area contributed by atoms with Gasteiger partial charge in [-0.25, -0.2) is 0 Å². The molecule has 2 atom stereocenters. The molecule has 90 valence electrons. The minimum atomic E-state index is 0.486. The molecule has 2 rings (SSSR count). The lowest BCUT2D eigenvalue weighted by molar-refractivity contribution is 0.407. The first-order chi connectivity index (χ1) is 7.69. The van der Waals surface area contributed by atoms with Gasteiger partial charge in [-0.15, -0.1) is 11.3 Å². The number of thiophene rings is 1. The van der Waals surface area contributed by atoms with Gasteiger partial charge in [0, 0.05) is 17.0 Å². The lowest BCUT2D eigenvalue weighted by Gasteiger charge is -2.21. The molecule has 0 bridgehead atoms. The highest BCUT2D eigenvalue weighted by Crippen LogP contribution is 2.35. The van der Waals surface area contributed by atoms with Crippen LogP contribution in [0.1, 0.15) is 50.4 Å². The van der Waals surface area contributed by atoms with Crippen LogP contribution in [-0.2, 0) is 0 Å². The zero-order chi connectivity index (χ0) is 11.5. The minimum Gasteiger partial charge on any atom is -0.307 e. The van der Waals surface area contributed by atoms with Crippen LogP contribution in [0.2, 0.25) is 0 Å². The summed E-state index contributed by atoms with van der Waals surface area (Å²) < 4.78 is 1.23. The van der Waals surface area contributed by atoms with Crippen LogP contribution in [0.15, 0.2) is 15.9 Å². The van der Waals surface area contributed by atoms with Crippen molar-refractivity contribution in [3.8, 4) is 0 Å². The Morgan fingerprint density at radius 1 is 1.50 bits per heavy atom. The van der Waals surface area contributed by atoms with Gasteiger partial charge in [-0.1, -0.05) is 19.8 Å². The summed E-state index contributed by atoms with van der Waals surface area (Å²) in [4.78, 5) is 1.43.